The molecule has 0 aliphatic rings. The van der Waals surface area contributed by atoms with Crippen LogP contribution in [0.5, 0.6) is 0 Å². The van der Waals surface area contributed by atoms with Crippen LogP contribution >= 0.6 is 0 Å². The third kappa shape index (κ3) is 25.1. The lowest BCUT2D eigenvalue weighted by Gasteiger charge is -2.08. The van der Waals surface area contributed by atoms with Crippen LogP contribution in [0.15, 0.2) is 0 Å². The molecule has 0 heterocycles. The summed E-state index contributed by atoms with van der Waals surface area (Å²) in [5, 5.41) is 0. The van der Waals surface area contributed by atoms with Gasteiger partial charge in [0.25, 0.3) is 0 Å². The maximum Gasteiger partial charge on any atom is 0.122 e. The molecule has 0 bridgehead atoms. The molecule has 9 nitrogen and oxygen atoms in total. The zero-order valence-corrected chi connectivity index (χ0v) is 16.1. The average Bonchev–Trinajstić information content (AvgIpc) is 2.68. The first-order valence-electron chi connectivity index (χ1n) is 9.33. The van der Waals surface area contributed by atoms with Crippen molar-refractivity contribution in [3.63, 3.8) is 0 Å². The van der Waals surface area contributed by atoms with E-state index in [0.29, 0.717) is 105 Å². The molecule has 0 radical (unpaired) electrons. The maximum atomic E-state index is 10.1. The highest BCUT2D eigenvalue weighted by Gasteiger charge is 1.94. The second kappa shape index (κ2) is 25.1. The number of carbonyl (C=O) groups is 2. The van der Waals surface area contributed by atoms with Crippen molar-refractivity contribution in [3.05, 3.63) is 0 Å². The van der Waals surface area contributed by atoms with Gasteiger partial charge in [0.1, 0.15) is 12.6 Å². The van der Waals surface area contributed by atoms with Gasteiger partial charge in [0.05, 0.1) is 92.5 Å². The van der Waals surface area contributed by atoms with Crippen molar-refractivity contribution in [1.29, 1.82) is 0 Å². The Morgan fingerprint density at radius 2 is 0.519 bits per heavy atom. The van der Waals surface area contributed by atoms with Crippen LogP contribution in [0.25, 0.3) is 0 Å². The number of hydrogen-bond donors (Lipinski definition) is 0. The maximum absolute atomic E-state index is 10.1. The third-order valence-electron chi connectivity index (χ3n) is 2.99. The van der Waals surface area contributed by atoms with Gasteiger partial charge in [0, 0.05) is 12.8 Å². The highest BCUT2D eigenvalue weighted by Crippen LogP contribution is 1.86. The summed E-state index contributed by atoms with van der Waals surface area (Å²) in [5.74, 6) is 0. The second-order valence-corrected chi connectivity index (χ2v) is 5.20. The molecule has 0 atom stereocenters. The SMILES string of the molecule is O=CCCOCCOCCOCCOCCOCCOCCOCCC=O. The van der Waals surface area contributed by atoms with Gasteiger partial charge in [-0.3, -0.25) is 0 Å². The summed E-state index contributed by atoms with van der Waals surface area (Å²) in [6.07, 6.45) is 2.50. The Labute approximate surface area is 161 Å². The predicted molar refractivity (Wildman–Crippen MR) is 97.1 cm³/mol. The van der Waals surface area contributed by atoms with Gasteiger partial charge < -0.3 is 42.7 Å². The van der Waals surface area contributed by atoms with Crippen molar-refractivity contribution in [3.8, 4) is 0 Å². The van der Waals surface area contributed by atoms with Crippen molar-refractivity contribution in [1.82, 2.24) is 0 Å². The van der Waals surface area contributed by atoms with Crippen LogP contribution in [0.3, 0.4) is 0 Å². The summed E-state index contributed by atoms with van der Waals surface area (Å²) in [6, 6.07) is 0. The molecule has 0 aliphatic heterocycles. The summed E-state index contributed by atoms with van der Waals surface area (Å²) in [4.78, 5) is 20.1. The van der Waals surface area contributed by atoms with Crippen LogP contribution in [0.4, 0.5) is 0 Å². The van der Waals surface area contributed by atoms with Crippen molar-refractivity contribution < 1.29 is 42.7 Å². The zero-order valence-electron chi connectivity index (χ0n) is 16.1. The number of aldehydes is 2. The predicted octanol–water partition coefficient (Wildman–Crippen LogP) is 0.281. The van der Waals surface area contributed by atoms with E-state index in [1.807, 2.05) is 0 Å². The van der Waals surface area contributed by atoms with Crippen LogP contribution in [-0.2, 0) is 42.7 Å². The molecular formula is C18H34O9. The van der Waals surface area contributed by atoms with Crippen LogP contribution in [0.2, 0.25) is 0 Å². The van der Waals surface area contributed by atoms with Crippen LogP contribution in [-0.4, -0.2) is 105 Å². The highest BCUT2D eigenvalue weighted by molar-refractivity contribution is 5.49. The van der Waals surface area contributed by atoms with Gasteiger partial charge in [-0.25, -0.2) is 0 Å². The van der Waals surface area contributed by atoms with Gasteiger partial charge in [-0.1, -0.05) is 0 Å². The molecule has 0 aromatic carbocycles. The normalized spacial score (nSPS) is 11.0. The van der Waals surface area contributed by atoms with Gasteiger partial charge in [0.15, 0.2) is 0 Å². The van der Waals surface area contributed by atoms with Gasteiger partial charge in [-0.2, -0.15) is 0 Å². The van der Waals surface area contributed by atoms with Crippen LogP contribution in [0, 0.1) is 0 Å². The van der Waals surface area contributed by atoms with E-state index in [0.717, 1.165) is 12.6 Å². The van der Waals surface area contributed by atoms with Crippen molar-refractivity contribution in [2.45, 2.75) is 12.8 Å². The summed E-state index contributed by atoms with van der Waals surface area (Å²) < 4.78 is 37.0. The molecule has 27 heavy (non-hydrogen) atoms. The lowest BCUT2D eigenvalue weighted by molar-refractivity contribution is -0.109. The summed E-state index contributed by atoms with van der Waals surface area (Å²) in [5.41, 5.74) is 0. The molecule has 0 N–H and O–H groups in total. The Kier molecular flexibility index (Phi) is 24.2. The molecule has 9 heteroatoms. The topological polar surface area (TPSA) is 98.8 Å². The Balaban J connectivity index is 2.97. The molecule has 0 fully saturated rings. The Hall–Kier alpha value is -0.940. The Morgan fingerprint density at radius 3 is 0.704 bits per heavy atom. The highest BCUT2D eigenvalue weighted by atomic mass is 16.6. The van der Waals surface area contributed by atoms with E-state index >= 15 is 0 Å². The minimum Gasteiger partial charge on any atom is -0.379 e. The molecule has 0 rings (SSSR count). The fourth-order valence-electron chi connectivity index (χ4n) is 1.68. The third-order valence-corrected chi connectivity index (χ3v) is 2.99. The standard InChI is InChI=1S/C18H34O9/c19-3-1-5-21-7-9-23-11-13-25-15-17-27-18-16-26-14-12-24-10-8-22-6-2-4-20/h3-4H,1-2,5-18H2. The molecule has 0 aromatic rings. The van der Waals surface area contributed by atoms with Crippen molar-refractivity contribution in [2.75, 3.05) is 92.5 Å². The van der Waals surface area contributed by atoms with E-state index in [1.165, 1.54) is 0 Å². The largest absolute Gasteiger partial charge is 0.379 e. The number of hydrogen-bond acceptors (Lipinski definition) is 9. The van der Waals surface area contributed by atoms with Crippen LogP contribution in [0.1, 0.15) is 12.8 Å². The lowest BCUT2D eigenvalue weighted by Crippen LogP contribution is -2.14. The molecular weight excluding hydrogens is 360 g/mol. The first-order chi connectivity index (χ1) is 13.4. The van der Waals surface area contributed by atoms with Gasteiger partial charge in [-0.15, -0.1) is 0 Å². The minimum absolute atomic E-state index is 0.418. The first-order valence-corrected chi connectivity index (χ1v) is 9.33. The number of carbonyl (C=O) groups excluding carboxylic acids is 2. The zero-order chi connectivity index (χ0) is 19.7. The molecule has 0 unspecified atom stereocenters. The van der Waals surface area contributed by atoms with E-state index in [9.17, 15) is 9.59 Å². The van der Waals surface area contributed by atoms with Crippen molar-refractivity contribution >= 4 is 12.6 Å². The van der Waals surface area contributed by atoms with Crippen LogP contribution < -0.4 is 0 Å². The smallest absolute Gasteiger partial charge is 0.122 e. The molecule has 0 saturated heterocycles. The second-order valence-electron chi connectivity index (χ2n) is 5.20. The molecule has 0 spiro atoms. The monoisotopic (exact) mass is 394 g/mol. The Morgan fingerprint density at radius 1 is 0.333 bits per heavy atom. The molecule has 0 amide bonds. The van der Waals surface area contributed by atoms with Gasteiger partial charge in [0.2, 0.25) is 0 Å². The molecule has 0 aliphatic carbocycles. The van der Waals surface area contributed by atoms with E-state index in [4.69, 9.17) is 33.2 Å². The van der Waals surface area contributed by atoms with Gasteiger partial charge >= 0.3 is 0 Å². The number of ether oxygens (including phenoxy) is 7. The minimum atomic E-state index is 0.418. The van der Waals surface area contributed by atoms with E-state index in [-0.39, 0.29) is 0 Å². The fourth-order valence-corrected chi connectivity index (χ4v) is 1.68. The average molecular weight is 394 g/mol. The van der Waals surface area contributed by atoms with E-state index < -0.39 is 0 Å². The van der Waals surface area contributed by atoms with E-state index in [1.54, 1.807) is 0 Å². The first kappa shape index (κ1) is 26.1. The summed E-state index contributed by atoms with van der Waals surface area (Å²) >= 11 is 0. The fraction of sp³-hybridized carbons (Fsp3) is 0.889. The Bertz CT molecular complexity index is 275. The summed E-state index contributed by atoms with van der Waals surface area (Å²) in [6.45, 7) is 6.87. The summed E-state index contributed by atoms with van der Waals surface area (Å²) in [7, 11) is 0. The van der Waals surface area contributed by atoms with Gasteiger partial charge in [-0.05, 0) is 0 Å². The quantitative estimate of drug-likeness (QED) is 0.169. The molecule has 0 aromatic heterocycles. The van der Waals surface area contributed by atoms with E-state index in [2.05, 4.69) is 0 Å². The molecule has 0 saturated carbocycles. The number of rotatable bonds is 24. The van der Waals surface area contributed by atoms with Crippen molar-refractivity contribution in [2.24, 2.45) is 0 Å². The molecule has 160 valence electrons. The lowest BCUT2D eigenvalue weighted by atomic mass is 10.5.